The lowest BCUT2D eigenvalue weighted by atomic mass is 10.0. The molecule has 0 fully saturated rings. The predicted molar refractivity (Wildman–Crippen MR) is 118 cm³/mol. The van der Waals surface area contributed by atoms with Crippen molar-refractivity contribution in [3.8, 4) is 0 Å². The van der Waals surface area contributed by atoms with Crippen molar-refractivity contribution in [2.75, 3.05) is 20.3 Å². The molecular weight excluding hydrogens is 348 g/mol. The van der Waals surface area contributed by atoms with Gasteiger partial charge in [-0.15, -0.1) is 0 Å². The molecular formula is C24H34O2Si. The van der Waals surface area contributed by atoms with Crippen molar-refractivity contribution in [2.45, 2.75) is 39.7 Å². The molecule has 27 heavy (non-hydrogen) atoms. The Morgan fingerprint density at radius 3 is 1.85 bits per heavy atom. The highest BCUT2D eigenvalue weighted by Gasteiger charge is 2.49. The number of ether oxygens (including phenoxy) is 1. The van der Waals surface area contributed by atoms with Gasteiger partial charge in [-0.3, -0.25) is 0 Å². The van der Waals surface area contributed by atoms with Gasteiger partial charge in [0.05, 0.1) is 13.2 Å². The summed E-state index contributed by atoms with van der Waals surface area (Å²) in [6, 6.07) is 21.6. The molecule has 0 spiro atoms. The molecule has 0 amide bonds. The summed E-state index contributed by atoms with van der Waals surface area (Å²) in [6.07, 6.45) is 2.23. The third-order valence-electron chi connectivity index (χ3n) is 5.32. The maximum Gasteiger partial charge on any atom is 0.261 e. The minimum absolute atomic E-state index is 0.00952. The second-order valence-electron chi connectivity index (χ2n) is 8.28. The number of methoxy groups -OCH3 is 1. The van der Waals surface area contributed by atoms with Crippen LogP contribution in [-0.4, -0.2) is 28.6 Å². The maximum absolute atomic E-state index is 6.89. The monoisotopic (exact) mass is 382 g/mol. The van der Waals surface area contributed by atoms with Crippen molar-refractivity contribution in [3.05, 3.63) is 72.3 Å². The van der Waals surface area contributed by atoms with Crippen molar-refractivity contribution in [2.24, 2.45) is 5.92 Å². The van der Waals surface area contributed by atoms with E-state index >= 15 is 0 Å². The number of rotatable bonds is 8. The van der Waals surface area contributed by atoms with E-state index in [1.165, 1.54) is 15.9 Å². The second kappa shape index (κ2) is 9.49. The number of hydrogen-bond acceptors (Lipinski definition) is 2. The predicted octanol–water partition coefficient (Wildman–Crippen LogP) is 4.79. The summed E-state index contributed by atoms with van der Waals surface area (Å²) in [5.74, 6) is 0.401. The standard InChI is InChI=1S/C24H34O2Si/c1-20(21(2)19-25-6)17-18-26-27(24(3,4)5,22-13-9-7-10-14-22)23-15-11-8-12-16-23/h7-17,21H,18-19H2,1-6H3/b20-17+. The molecule has 0 heterocycles. The first-order valence-electron chi connectivity index (χ1n) is 9.73. The molecule has 0 aromatic heterocycles. The first-order valence-corrected chi connectivity index (χ1v) is 11.6. The van der Waals surface area contributed by atoms with Crippen molar-refractivity contribution in [1.82, 2.24) is 0 Å². The molecule has 2 aromatic carbocycles. The van der Waals surface area contributed by atoms with Crippen LogP contribution in [0.5, 0.6) is 0 Å². The highest BCUT2D eigenvalue weighted by molar-refractivity contribution is 6.99. The molecule has 146 valence electrons. The van der Waals surface area contributed by atoms with E-state index < -0.39 is 8.32 Å². The summed E-state index contributed by atoms with van der Waals surface area (Å²) in [6.45, 7) is 12.6. The van der Waals surface area contributed by atoms with E-state index in [1.807, 2.05) is 0 Å². The van der Waals surface area contributed by atoms with Crippen molar-refractivity contribution in [1.29, 1.82) is 0 Å². The van der Waals surface area contributed by atoms with Gasteiger partial charge in [-0.05, 0) is 22.3 Å². The molecule has 3 heteroatoms. The SMILES string of the molecule is COCC(C)/C(C)=C/CO[Si](c1ccccc1)(c1ccccc1)C(C)(C)C. The first-order chi connectivity index (χ1) is 12.8. The summed E-state index contributed by atoms with van der Waals surface area (Å²) >= 11 is 0. The third kappa shape index (κ3) is 4.98. The zero-order valence-electron chi connectivity index (χ0n) is 17.7. The van der Waals surface area contributed by atoms with Crippen molar-refractivity contribution >= 4 is 18.7 Å². The summed E-state index contributed by atoms with van der Waals surface area (Å²) in [5, 5.41) is 2.65. The summed E-state index contributed by atoms with van der Waals surface area (Å²) in [4.78, 5) is 0. The van der Waals surface area contributed by atoms with Gasteiger partial charge in [-0.2, -0.15) is 0 Å². The largest absolute Gasteiger partial charge is 0.404 e. The van der Waals surface area contributed by atoms with E-state index in [2.05, 4.69) is 101 Å². The number of benzene rings is 2. The molecule has 0 aliphatic carbocycles. The molecule has 2 aromatic rings. The van der Waals surface area contributed by atoms with E-state index in [1.54, 1.807) is 7.11 Å². The Hall–Kier alpha value is -1.68. The van der Waals surface area contributed by atoms with Gasteiger partial charge in [0.25, 0.3) is 8.32 Å². The molecule has 0 saturated carbocycles. The Morgan fingerprint density at radius 2 is 1.44 bits per heavy atom. The zero-order valence-corrected chi connectivity index (χ0v) is 18.7. The molecule has 1 unspecified atom stereocenters. The topological polar surface area (TPSA) is 18.5 Å². The highest BCUT2D eigenvalue weighted by atomic mass is 28.4. The van der Waals surface area contributed by atoms with Gasteiger partial charge in [-0.1, -0.05) is 100 Å². The zero-order chi connectivity index (χ0) is 19.9. The first kappa shape index (κ1) is 21.6. The second-order valence-corrected chi connectivity index (χ2v) is 12.6. The summed E-state index contributed by atoms with van der Waals surface area (Å²) in [7, 11) is -0.693. The molecule has 2 nitrogen and oxygen atoms in total. The van der Waals surface area contributed by atoms with Crippen molar-refractivity contribution < 1.29 is 9.16 Å². The average molecular weight is 383 g/mol. The fourth-order valence-electron chi connectivity index (χ4n) is 3.64. The maximum atomic E-state index is 6.89. The van der Waals surface area contributed by atoms with Crippen LogP contribution in [-0.2, 0) is 9.16 Å². The van der Waals surface area contributed by atoms with Gasteiger partial charge >= 0.3 is 0 Å². The molecule has 2 rings (SSSR count). The van der Waals surface area contributed by atoms with Gasteiger partial charge in [0.1, 0.15) is 0 Å². The van der Waals surface area contributed by atoms with Gasteiger partial charge < -0.3 is 9.16 Å². The van der Waals surface area contributed by atoms with E-state index in [0.717, 1.165) is 6.61 Å². The van der Waals surface area contributed by atoms with Gasteiger partial charge in [0.15, 0.2) is 0 Å². The van der Waals surface area contributed by atoms with Crippen molar-refractivity contribution in [3.63, 3.8) is 0 Å². The van der Waals surface area contributed by atoms with E-state index in [0.29, 0.717) is 12.5 Å². The molecule has 0 aliphatic rings. The molecule has 0 radical (unpaired) electrons. The molecule has 0 bridgehead atoms. The van der Waals surface area contributed by atoms with Crippen LogP contribution >= 0.6 is 0 Å². The van der Waals surface area contributed by atoms with Gasteiger partial charge in [-0.25, -0.2) is 0 Å². The Kier molecular flexibility index (Phi) is 7.60. The molecule has 1 atom stereocenters. The van der Waals surface area contributed by atoms with Crippen LogP contribution in [0.15, 0.2) is 72.3 Å². The smallest absolute Gasteiger partial charge is 0.261 e. The minimum atomic E-state index is -2.45. The fraction of sp³-hybridized carbons (Fsp3) is 0.417. The summed E-state index contributed by atoms with van der Waals surface area (Å²) < 4.78 is 12.2. The Labute approximate surface area is 166 Å². The number of hydrogen-bond donors (Lipinski definition) is 0. The van der Waals surface area contributed by atoms with Gasteiger partial charge in [0, 0.05) is 13.0 Å². The Balaban J connectivity index is 2.45. The molecule has 0 aliphatic heterocycles. The van der Waals surface area contributed by atoms with Crippen LogP contribution in [0, 0.1) is 5.92 Å². The van der Waals surface area contributed by atoms with Crippen LogP contribution in [0.4, 0.5) is 0 Å². The quantitative estimate of drug-likeness (QED) is 0.483. The highest BCUT2D eigenvalue weighted by Crippen LogP contribution is 2.36. The van der Waals surface area contributed by atoms with E-state index in [-0.39, 0.29) is 5.04 Å². The third-order valence-corrected chi connectivity index (χ3v) is 10.3. The lowest BCUT2D eigenvalue weighted by molar-refractivity contribution is 0.172. The molecule has 0 N–H and O–H groups in total. The van der Waals surface area contributed by atoms with E-state index in [4.69, 9.17) is 9.16 Å². The Morgan fingerprint density at radius 1 is 0.963 bits per heavy atom. The lowest BCUT2D eigenvalue weighted by Crippen LogP contribution is -2.66. The van der Waals surface area contributed by atoms with Gasteiger partial charge in [0.2, 0.25) is 0 Å². The normalized spacial score (nSPS) is 14.2. The van der Waals surface area contributed by atoms with Crippen LogP contribution in [0.3, 0.4) is 0 Å². The summed E-state index contributed by atoms with van der Waals surface area (Å²) in [5.41, 5.74) is 1.31. The lowest BCUT2D eigenvalue weighted by Gasteiger charge is -2.42. The van der Waals surface area contributed by atoms with Crippen LogP contribution in [0.25, 0.3) is 0 Å². The fourth-order valence-corrected chi connectivity index (χ4v) is 8.13. The minimum Gasteiger partial charge on any atom is -0.404 e. The van der Waals surface area contributed by atoms with Crippen LogP contribution in [0.2, 0.25) is 5.04 Å². The Bertz CT molecular complexity index is 678. The van der Waals surface area contributed by atoms with E-state index in [9.17, 15) is 0 Å². The van der Waals surface area contributed by atoms with Crippen LogP contribution < -0.4 is 10.4 Å². The van der Waals surface area contributed by atoms with Crippen LogP contribution in [0.1, 0.15) is 34.6 Å². The average Bonchev–Trinajstić information content (AvgIpc) is 2.65. The molecule has 0 saturated heterocycles.